The number of thiophene rings is 1. The van der Waals surface area contributed by atoms with Crippen LogP contribution in [0, 0.1) is 6.92 Å². The van der Waals surface area contributed by atoms with E-state index in [4.69, 9.17) is 0 Å². The van der Waals surface area contributed by atoms with E-state index < -0.39 is 0 Å². The highest BCUT2D eigenvalue weighted by atomic mass is 32.2. The molecule has 1 aliphatic carbocycles. The molecule has 2 aliphatic rings. The number of thioether (sulfide) groups is 1. The van der Waals surface area contributed by atoms with Gasteiger partial charge < -0.3 is 4.90 Å². The van der Waals surface area contributed by atoms with Crippen LogP contribution in [0.25, 0.3) is 0 Å². The molecule has 110 valence electrons. The molecule has 0 radical (unpaired) electrons. The molecule has 2 heterocycles. The van der Waals surface area contributed by atoms with Gasteiger partial charge >= 0.3 is 0 Å². The number of carbonyl (C=O) groups is 1. The van der Waals surface area contributed by atoms with Crippen molar-refractivity contribution in [3.8, 4) is 0 Å². The predicted molar refractivity (Wildman–Crippen MR) is 86.2 cm³/mol. The zero-order chi connectivity index (χ0) is 14.3. The van der Waals surface area contributed by atoms with Gasteiger partial charge in [-0.05, 0) is 45.1 Å². The van der Waals surface area contributed by atoms with Crippen molar-refractivity contribution in [2.24, 2.45) is 0 Å². The maximum absolute atomic E-state index is 12.5. The van der Waals surface area contributed by atoms with Crippen LogP contribution in [0.4, 0.5) is 0 Å². The molecular formula is C15H22N2OS2. The minimum Gasteiger partial charge on any atom is -0.319 e. The lowest BCUT2D eigenvalue weighted by Gasteiger charge is -2.44. The molecule has 2 unspecified atom stereocenters. The van der Waals surface area contributed by atoms with Crippen LogP contribution in [-0.4, -0.2) is 34.4 Å². The minimum atomic E-state index is -0.0682. The van der Waals surface area contributed by atoms with Crippen LogP contribution in [0.5, 0.6) is 0 Å². The SMILES string of the molecule is CSC1(CN2C(=O)C(C)NC2c2ccc(C)s2)CCC1. The summed E-state index contributed by atoms with van der Waals surface area (Å²) in [5, 5.41) is 3.46. The van der Waals surface area contributed by atoms with E-state index in [0.717, 1.165) is 6.54 Å². The second kappa shape index (κ2) is 5.35. The third-order valence-electron chi connectivity index (χ3n) is 4.56. The third kappa shape index (κ3) is 2.40. The standard InChI is InChI=1S/C15H22N2OS2/c1-10-5-6-12(20-10)13-16-11(2)14(18)17(13)9-15(19-3)7-4-8-15/h5-6,11,13,16H,4,7-9H2,1-3H3. The number of nitrogens with zero attached hydrogens (tertiary/aromatic N) is 1. The van der Waals surface area contributed by atoms with Crippen molar-refractivity contribution in [1.29, 1.82) is 0 Å². The Morgan fingerprint density at radius 1 is 1.50 bits per heavy atom. The first-order chi connectivity index (χ1) is 9.54. The van der Waals surface area contributed by atoms with Gasteiger partial charge in [-0.25, -0.2) is 0 Å². The Kier molecular flexibility index (Phi) is 3.86. The quantitative estimate of drug-likeness (QED) is 0.927. The molecule has 1 saturated heterocycles. The van der Waals surface area contributed by atoms with Gasteiger partial charge in [-0.1, -0.05) is 6.42 Å². The highest BCUT2D eigenvalue weighted by molar-refractivity contribution is 8.00. The van der Waals surface area contributed by atoms with Gasteiger partial charge in [0.05, 0.1) is 6.04 Å². The molecule has 1 aromatic heterocycles. The first kappa shape index (κ1) is 14.4. The number of nitrogens with one attached hydrogen (secondary N) is 1. The Labute approximate surface area is 129 Å². The summed E-state index contributed by atoms with van der Waals surface area (Å²) in [5.74, 6) is 0.251. The van der Waals surface area contributed by atoms with Crippen molar-refractivity contribution in [2.45, 2.75) is 50.1 Å². The molecule has 0 bridgehead atoms. The lowest BCUT2D eigenvalue weighted by molar-refractivity contribution is -0.130. The second-order valence-corrected chi connectivity index (χ2v) is 8.54. The highest BCUT2D eigenvalue weighted by Gasteiger charge is 2.45. The maximum atomic E-state index is 12.5. The fraction of sp³-hybridized carbons (Fsp3) is 0.667. The fourth-order valence-corrected chi connectivity index (χ4v) is 5.00. The molecule has 1 saturated carbocycles. The summed E-state index contributed by atoms with van der Waals surface area (Å²) < 4.78 is 0.298. The van der Waals surface area contributed by atoms with Gasteiger partial charge in [-0.3, -0.25) is 10.1 Å². The Morgan fingerprint density at radius 2 is 2.25 bits per heavy atom. The predicted octanol–water partition coefficient (Wildman–Crippen LogP) is 3.16. The van der Waals surface area contributed by atoms with Crippen LogP contribution in [0.1, 0.15) is 42.1 Å². The lowest BCUT2D eigenvalue weighted by Crippen LogP contribution is -2.47. The molecule has 1 aliphatic heterocycles. The largest absolute Gasteiger partial charge is 0.319 e. The lowest BCUT2D eigenvalue weighted by atomic mass is 9.83. The van der Waals surface area contributed by atoms with Gasteiger partial charge in [0.2, 0.25) is 5.91 Å². The summed E-state index contributed by atoms with van der Waals surface area (Å²) in [6.45, 7) is 4.97. The van der Waals surface area contributed by atoms with Crippen molar-refractivity contribution in [3.63, 3.8) is 0 Å². The van der Waals surface area contributed by atoms with Crippen molar-refractivity contribution >= 4 is 29.0 Å². The molecule has 1 amide bonds. The Balaban J connectivity index is 1.83. The number of amides is 1. The van der Waals surface area contributed by atoms with Crippen LogP contribution in [0.2, 0.25) is 0 Å². The van der Waals surface area contributed by atoms with E-state index >= 15 is 0 Å². The smallest absolute Gasteiger partial charge is 0.241 e. The van der Waals surface area contributed by atoms with Crippen LogP contribution in [0.15, 0.2) is 12.1 Å². The zero-order valence-electron chi connectivity index (χ0n) is 12.3. The first-order valence-electron chi connectivity index (χ1n) is 7.23. The fourth-order valence-electron chi connectivity index (χ4n) is 3.09. The van der Waals surface area contributed by atoms with E-state index in [1.54, 1.807) is 11.3 Å². The van der Waals surface area contributed by atoms with E-state index in [-0.39, 0.29) is 18.1 Å². The van der Waals surface area contributed by atoms with Gasteiger partial charge in [0, 0.05) is 21.0 Å². The van der Waals surface area contributed by atoms with E-state index in [1.807, 2.05) is 18.7 Å². The molecule has 2 fully saturated rings. The molecule has 5 heteroatoms. The summed E-state index contributed by atoms with van der Waals surface area (Å²) in [6.07, 6.45) is 6.03. The average molecular weight is 310 g/mol. The zero-order valence-corrected chi connectivity index (χ0v) is 13.9. The van der Waals surface area contributed by atoms with Crippen LogP contribution < -0.4 is 5.32 Å². The summed E-state index contributed by atoms with van der Waals surface area (Å²) in [6, 6.07) is 4.23. The van der Waals surface area contributed by atoms with Gasteiger partial charge in [-0.15, -0.1) is 11.3 Å². The monoisotopic (exact) mass is 310 g/mol. The van der Waals surface area contributed by atoms with Crippen molar-refractivity contribution in [3.05, 3.63) is 21.9 Å². The number of hydrogen-bond acceptors (Lipinski definition) is 4. The molecular weight excluding hydrogens is 288 g/mol. The van der Waals surface area contributed by atoms with Gasteiger partial charge in [0.25, 0.3) is 0 Å². The number of hydrogen-bond donors (Lipinski definition) is 1. The summed E-state index contributed by atoms with van der Waals surface area (Å²) in [4.78, 5) is 17.1. The van der Waals surface area contributed by atoms with Crippen molar-refractivity contribution in [1.82, 2.24) is 10.2 Å². The van der Waals surface area contributed by atoms with E-state index in [9.17, 15) is 4.79 Å². The molecule has 3 rings (SSSR count). The molecule has 1 N–H and O–H groups in total. The van der Waals surface area contributed by atoms with Crippen LogP contribution in [0.3, 0.4) is 0 Å². The molecule has 20 heavy (non-hydrogen) atoms. The van der Waals surface area contributed by atoms with Gasteiger partial charge in [0.1, 0.15) is 6.17 Å². The topological polar surface area (TPSA) is 32.3 Å². The first-order valence-corrected chi connectivity index (χ1v) is 9.27. The molecule has 3 nitrogen and oxygen atoms in total. The number of aryl methyl sites for hydroxylation is 1. The molecule has 0 aromatic carbocycles. The number of carbonyl (C=O) groups excluding carboxylic acids is 1. The van der Waals surface area contributed by atoms with Gasteiger partial charge in [-0.2, -0.15) is 11.8 Å². The van der Waals surface area contributed by atoms with Crippen molar-refractivity contribution < 1.29 is 4.79 Å². The molecule has 1 aromatic rings. The Hall–Kier alpha value is -0.520. The number of rotatable bonds is 4. The average Bonchev–Trinajstić information content (AvgIpc) is 2.92. The van der Waals surface area contributed by atoms with Crippen LogP contribution in [-0.2, 0) is 4.79 Å². The highest BCUT2D eigenvalue weighted by Crippen LogP contribution is 2.45. The van der Waals surface area contributed by atoms with Gasteiger partial charge in [0.15, 0.2) is 0 Å². The van der Waals surface area contributed by atoms with E-state index in [2.05, 4.69) is 35.5 Å². The molecule has 2 atom stereocenters. The minimum absolute atomic E-state index is 0.0682. The summed E-state index contributed by atoms with van der Waals surface area (Å²) >= 11 is 3.72. The Bertz CT molecular complexity index is 504. The summed E-state index contributed by atoms with van der Waals surface area (Å²) in [7, 11) is 0. The normalized spacial score (nSPS) is 28.8. The second-order valence-electron chi connectivity index (χ2n) is 5.95. The maximum Gasteiger partial charge on any atom is 0.241 e. The Morgan fingerprint density at radius 3 is 2.75 bits per heavy atom. The molecule has 0 spiro atoms. The van der Waals surface area contributed by atoms with E-state index in [1.165, 1.54) is 29.0 Å². The third-order valence-corrected chi connectivity index (χ3v) is 7.02. The van der Waals surface area contributed by atoms with E-state index in [0.29, 0.717) is 4.75 Å². The summed E-state index contributed by atoms with van der Waals surface area (Å²) in [5.41, 5.74) is 0. The van der Waals surface area contributed by atoms with Crippen molar-refractivity contribution in [2.75, 3.05) is 12.8 Å². The van der Waals surface area contributed by atoms with Crippen LogP contribution >= 0.6 is 23.1 Å².